The van der Waals surface area contributed by atoms with Crippen molar-refractivity contribution in [3.8, 4) is 0 Å². The molecule has 5 nitrogen and oxygen atoms in total. The SMILES string of the molecule is FC(F)(F)C(OCOCOCOCOC(C(F)(F)F)C(F)(F)F)C(F)(F)F. The van der Waals surface area contributed by atoms with E-state index in [9.17, 15) is 52.7 Å². The van der Waals surface area contributed by atoms with Gasteiger partial charge in [-0.15, -0.1) is 0 Å². The van der Waals surface area contributed by atoms with E-state index in [2.05, 4.69) is 23.7 Å². The van der Waals surface area contributed by atoms with Crippen LogP contribution in [-0.2, 0) is 23.7 Å². The molecule has 0 aliphatic carbocycles. The van der Waals surface area contributed by atoms with Crippen LogP contribution in [0.1, 0.15) is 0 Å². The van der Waals surface area contributed by atoms with Crippen LogP contribution in [0.25, 0.3) is 0 Å². The molecule has 0 heterocycles. The summed E-state index contributed by atoms with van der Waals surface area (Å²) in [6.45, 7) is -5.18. The molecule has 0 unspecified atom stereocenters. The Bertz CT molecular complexity index is 349. The molecule has 17 heteroatoms. The molecule has 0 radical (unpaired) electrons. The van der Waals surface area contributed by atoms with Crippen LogP contribution >= 0.6 is 0 Å². The fourth-order valence-electron chi connectivity index (χ4n) is 1.20. The van der Waals surface area contributed by atoms with Gasteiger partial charge in [0, 0.05) is 0 Å². The molecule has 0 saturated heterocycles. The average Bonchev–Trinajstić information content (AvgIpc) is 2.38. The lowest BCUT2D eigenvalue weighted by molar-refractivity contribution is -0.343. The summed E-state index contributed by atoms with van der Waals surface area (Å²) >= 11 is 0. The predicted molar refractivity (Wildman–Crippen MR) is 56.7 cm³/mol. The first-order chi connectivity index (χ1) is 12.0. The predicted octanol–water partition coefficient (Wildman–Crippen LogP) is 3.89. The first-order valence-corrected chi connectivity index (χ1v) is 6.20. The van der Waals surface area contributed by atoms with Crippen LogP contribution in [0.2, 0.25) is 0 Å². The molecule has 27 heavy (non-hydrogen) atoms. The van der Waals surface area contributed by atoms with Gasteiger partial charge in [0.25, 0.3) is 12.2 Å². The highest BCUT2D eigenvalue weighted by Gasteiger charge is 2.58. The van der Waals surface area contributed by atoms with Gasteiger partial charge in [0.05, 0.1) is 0 Å². The van der Waals surface area contributed by atoms with Gasteiger partial charge in [-0.25, -0.2) is 0 Å². The van der Waals surface area contributed by atoms with Crippen molar-refractivity contribution < 1.29 is 76.4 Å². The Morgan fingerprint density at radius 3 is 0.852 bits per heavy atom. The number of rotatable bonds is 10. The van der Waals surface area contributed by atoms with Gasteiger partial charge in [-0.1, -0.05) is 0 Å². The molecule has 0 aliphatic heterocycles. The summed E-state index contributed by atoms with van der Waals surface area (Å²) in [5.74, 6) is 0. The molecule has 0 N–H and O–H groups in total. The van der Waals surface area contributed by atoms with Crippen molar-refractivity contribution in [2.75, 3.05) is 27.2 Å². The molecule has 0 spiro atoms. The molecule has 0 aromatic heterocycles. The topological polar surface area (TPSA) is 46.2 Å². The van der Waals surface area contributed by atoms with Crippen molar-refractivity contribution in [2.45, 2.75) is 36.9 Å². The molecule has 0 rings (SSSR count). The van der Waals surface area contributed by atoms with Crippen LogP contribution in [0, 0.1) is 0 Å². The van der Waals surface area contributed by atoms with Crippen LogP contribution in [0.3, 0.4) is 0 Å². The average molecular weight is 438 g/mol. The molecule has 0 saturated carbocycles. The fraction of sp³-hybridized carbons (Fsp3) is 1.00. The lowest BCUT2D eigenvalue weighted by Crippen LogP contribution is -2.44. The molecule has 0 aliphatic rings. The molecular weight excluding hydrogens is 428 g/mol. The Kier molecular flexibility index (Phi) is 9.56. The van der Waals surface area contributed by atoms with Gasteiger partial charge in [-0.2, -0.15) is 52.7 Å². The van der Waals surface area contributed by atoms with Crippen molar-refractivity contribution in [3.05, 3.63) is 0 Å². The van der Waals surface area contributed by atoms with Gasteiger partial charge < -0.3 is 23.7 Å². The molecular formula is C10H10F12O5. The summed E-state index contributed by atoms with van der Waals surface area (Å²) in [7, 11) is 0. The van der Waals surface area contributed by atoms with Crippen LogP contribution in [0.5, 0.6) is 0 Å². The van der Waals surface area contributed by atoms with Crippen molar-refractivity contribution in [2.24, 2.45) is 0 Å². The standard InChI is InChI=1S/C10H10F12O5/c11-7(12,13)5(8(14,15)16)26-3-24-1-23-2-25-4-27-6(9(17,18)19)10(20,21)22/h5-6H,1-4H2. The summed E-state index contributed by atoms with van der Waals surface area (Å²) in [6.07, 6.45) is -31.3. The van der Waals surface area contributed by atoms with E-state index < -0.39 is 64.1 Å². The van der Waals surface area contributed by atoms with E-state index in [1.54, 1.807) is 0 Å². The van der Waals surface area contributed by atoms with E-state index in [4.69, 9.17) is 0 Å². The minimum absolute atomic E-state index is 1.05. The molecule has 0 fully saturated rings. The Balaban J connectivity index is 3.99. The highest BCUT2D eigenvalue weighted by molar-refractivity contribution is 4.76. The third-order valence-electron chi connectivity index (χ3n) is 2.16. The Labute approximate surface area is 142 Å². The lowest BCUT2D eigenvalue weighted by atomic mass is 10.3. The molecule has 0 amide bonds. The smallest absolute Gasteiger partial charge is 0.334 e. The summed E-state index contributed by atoms with van der Waals surface area (Å²) in [5.41, 5.74) is 0. The van der Waals surface area contributed by atoms with E-state index in [0.29, 0.717) is 0 Å². The number of alkyl halides is 12. The first kappa shape index (κ1) is 26.0. The van der Waals surface area contributed by atoms with Gasteiger partial charge >= 0.3 is 24.7 Å². The van der Waals surface area contributed by atoms with Crippen LogP contribution in [0.4, 0.5) is 52.7 Å². The number of halogens is 12. The third kappa shape index (κ3) is 10.8. The van der Waals surface area contributed by atoms with Crippen LogP contribution < -0.4 is 0 Å². The van der Waals surface area contributed by atoms with E-state index >= 15 is 0 Å². The van der Waals surface area contributed by atoms with E-state index in [1.165, 1.54) is 0 Å². The third-order valence-corrected chi connectivity index (χ3v) is 2.16. The number of hydrogen-bond acceptors (Lipinski definition) is 5. The molecule has 164 valence electrons. The number of hydrogen-bond donors (Lipinski definition) is 0. The van der Waals surface area contributed by atoms with Gasteiger partial charge in [0.15, 0.2) is 27.2 Å². The second-order valence-corrected chi connectivity index (χ2v) is 4.34. The van der Waals surface area contributed by atoms with Crippen LogP contribution in [-0.4, -0.2) is 64.1 Å². The summed E-state index contributed by atoms with van der Waals surface area (Å²) < 4.78 is 164. The Morgan fingerprint density at radius 2 is 0.630 bits per heavy atom. The van der Waals surface area contributed by atoms with Crippen LogP contribution in [0.15, 0.2) is 0 Å². The summed E-state index contributed by atoms with van der Waals surface area (Å²) in [6, 6.07) is 0. The maximum absolute atomic E-state index is 12.0. The Hall–Kier alpha value is -1.04. The first-order valence-electron chi connectivity index (χ1n) is 6.20. The van der Waals surface area contributed by atoms with Gasteiger partial charge in [-0.3, -0.25) is 0 Å². The second kappa shape index (κ2) is 9.94. The number of ether oxygens (including phenoxy) is 5. The summed E-state index contributed by atoms with van der Waals surface area (Å²) in [5, 5.41) is 0. The van der Waals surface area contributed by atoms with E-state index in [0.717, 1.165) is 0 Å². The highest BCUT2D eigenvalue weighted by atomic mass is 19.4. The zero-order chi connectivity index (χ0) is 21.5. The largest absolute Gasteiger partial charge is 0.423 e. The normalized spacial score (nSPS) is 14.4. The van der Waals surface area contributed by atoms with Crippen molar-refractivity contribution in [1.29, 1.82) is 0 Å². The minimum atomic E-state index is -5.77. The maximum Gasteiger partial charge on any atom is 0.423 e. The fourth-order valence-corrected chi connectivity index (χ4v) is 1.20. The molecule has 0 bridgehead atoms. The zero-order valence-corrected chi connectivity index (χ0v) is 12.6. The van der Waals surface area contributed by atoms with Crippen molar-refractivity contribution >= 4 is 0 Å². The maximum atomic E-state index is 12.0. The molecule has 0 atom stereocenters. The zero-order valence-electron chi connectivity index (χ0n) is 12.6. The molecule has 0 aromatic carbocycles. The van der Waals surface area contributed by atoms with Gasteiger partial charge in [0.2, 0.25) is 0 Å². The quantitative estimate of drug-likeness (QED) is 0.294. The van der Waals surface area contributed by atoms with Crippen molar-refractivity contribution in [1.82, 2.24) is 0 Å². The Morgan fingerprint density at radius 1 is 0.407 bits per heavy atom. The lowest BCUT2D eigenvalue weighted by Gasteiger charge is -2.23. The second-order valence-electron chi connectivity index (χ2n) is 4.34. The van der Waals surface area contributed by atoms with E-state index in [1.807, 2.05) is 0 Å². The minimum Gasteiger partial charge on any atom is -0.334 e. The monoisotopic (exact) mass is 438 g/mol. The highest BCUT2D eigenvalue weighted by Crippen LogP contribution is 2.36. The van der Waals surface area contributed by atoms with E-state index in [-0.39, 0.29) is 0 Å². The van der Waals surface area contributed by atoms with Gasteiger partial charge in [-0.05, 0) is 0 Å². The van der Waals surface area contributed by atoms with Crippen molar-refractivity contribution in [3.63, 3.8) is 0 Å². The van der Waals surface area contributed by atoms with Gasteiger partial charge in [0.1, 0.15) is 0 Å². The molecule has 0 aromatic rings. The summed E-state index contributed by atoms with van der Waals surface area (Å²) in [4.78, 5) is 0.